The summed E-state index contributed by atoms with van der Waals surface area (Å²) >= 11 is 0. The van der Waals surface area contributed by atoms with Crippen LogP contribution in [0.3, 0.4) is 0 Å². The molecule has 4 heteroatoms. The van der Waals surface area contributed by atoms with Gasteiger partial charge in [0.25, 0.3) is 5.91 Å². The van der Waals surface area contributed by atoms with Crippen molar-refractivity contribution in [2.24, 2.45) is 11.1 Å². The van der Waals surface area contributed by atoms with Crippen LogP contribution in [0.2, 0.25) is 0 Å². The highest BCUT2D eigenvalue weighted by atomic mass is 16.5. The molecule has 0 spiro atoms. The highest BCUT2D eigenvalue weighted by Gasteiger charge is 2.41. The molecule has 1 aliphatic heterocycles. The molecular formula is C15H20N2O2. The molecule has 1 aromatic carbocycles. The van der Waals surface area contributed by atoms with E-state index >= 15 is 0 Å². The van der Waals surface area contributed by atoms with E-state index < -0.39 is 0 Å². The molecule has 3 rings (SSSR count). The highest BCUT2D eigenvalue weighted by Crippen LogP contribution is 2.47. The number of nitrogens with one attached hydrogen (secondary N) is 1. The Morgan fingerprint density at radius 3 is 3.00 bits per heavy atom. The molecule has 1 amide bonds. The van der Waals surface area contributed by atoms with Crippen LogP contribution in [0.25, 0.3) is 0 Å². The van der Waals surface area contributed by atoms with Crippen LogP contribution in [0.15, 0.2) is 18.2 Å². The van der Waals surface area contributed by atoms with E-state index in [1.165, 1.54) is 12.8 Å². The van der Waals surface area contributed by atoms with Crippen LogP contribution in [0.5, 0.6) is 5.75 Å². The van der Waals surface area contributed by atoms with Gasteiger partial charge in [-0.15, -0.1) is 0 Å². The van der Waals surface area contributed by atoms with Crippen molar-refractivity contribution in [2.75, 3.05) is 19.7 Å². The maximum absolute atomic E-state index is 12.1. The number of carbonyl (C=O) groups excluding carboxylic acids is 1. The zero-order valence-corrected chi connectivity index (χ0v) is 11.1. The van der Waals surface area contributed by atoms with Crippen molar-refractivity contribution in [1.82, 2.24) is 5.32 Å². The largest absolute Gasteiger partial charge is 0.493 e. The fraction of sp³-hybridized carbons (Fsp3) is 0.533. The van der Waals surface area contributed by atoms with Crippen LogP contribution >= 0.6 is 0 Å². The van der Waals surface area contributed by atoms with Crippen LogP contribution in [0, 0.1) is 5.41 Å². The number of hydrogen-bond donors (Lipinski definition) is 2. The number of amides is 1. The van der Waals surface area contributed by atoms with Crippen molar-refractivity contribution in [3.05, 3.63) is 29.3 Å². The van der Waals surface area contributed by atoms with Gasteiger partial charge >= 0.3 is 0 Å². The van der Waals surface area contributed by atoms with Gasteiger partial charge < -0.3 is 15.8 Å². The van der Waals surface area contributed by atoms with Gasteiger partial charge in [-0.2, -0.15) is 0 Å². The van der Waals surface area contributed by atoms with Gasteiger partial charge in [-0.3, -0.25) is 4.79 Å². The number of benzene rings is 1. The van der Waals surface area contributed by atoms with Gasteiger partial charge in [-0.05, 0) is 55.0 Å². The zero-order valence-electron chi connectivity index (χ0n) is 11.1. The summed E-state index contributed by atoms with van der Waals surface area (Å²) in [6.45, 7) is 2.17. The Balaban J connectivity index is 1.61. The van der Waals surface area contributed by atoms with Crippen molar-refractivity contribution in [1.29, 1.82) is 0 Å². The summed E-state index contributed by atoms with van der Waals surface area (Å²) in [6, 6.07) is 5.67. The highest BCUT2D eigenvalue weighted by molar-refractivity contribution is 5.94. The molecule has 3 N–H and O–H groups in total. The third-order valence-corrected chi connectivity index (χ3v) is 4.21. The Hall–Kier alpha value is -1.55. The number of nitrogens with two attached hydrogens (primary N) is 1. The average Bonchev–Trinajstić information content (AvgIpc) is 3.02. The molecule has 1 heterocycles. The Morgan fingerprint density at radius 1 is 1.42 bits per heavy atom. The SMILES string of the molecule is NCCC1(CNC(=O)c2ccc3c(c2)CCO3)CC1. The second-order valence-electron chi connectivity index (χ2n) is 5.64. The fourth-order valence-electron chi connectivity index (χ4n) is 2.70. The molecule has 1 saturated carbocycles. The van der Waals surface area contributed by atoms with Crippen molar-refractivity contribution >= 4 is 5.91 Å². The Labute approximate surface area is 113 Å². The maximum Gasteiger partial charge on any atom is 0.251 e. The second kappa shape index (κ2) is 4.85. The van der Waals surface area contributed by atoms with E-state index in [1.54, 1.807) is 0 Å². The zero-order chi connectivity index (χ0) is 13.3. The lowest BCUT2D eigenvalue weighted by atomic mass is 10.0. The van der Waals surface area contributed by atoms with E-state index in [0.717, 1.165) is 42.9 Å². The summed E-state index contributed by atoms with van der Waals surface area (Å²) in [4.78, 5) is 12.1. The Bertz CT molecular complexity index is 495. The minimum atomic E-state index is 0.0120. The Morgan fingerprint density at radius 2 is 2.26 bits per heavy atom. The minimum absolute atomic E-state index is 0.0120. The molecule has 0 unspecified atom stereocenters. The molecule has 0 aromatic heterocycles. The van der Waals surface area contributed by atoms with Crippen LogP contribution in [-0.2, 0) is 6.42 Å². The van der Waals surface area contributed by atoms with Crippen molar-refractivity contribution in [2.45, 2.75) is 25.7 Å². The molecular weight excluding hydrogens is 240 g/mol. The summed E-state index contributed by atoms with van der Waals surface area (Å²) in [7, 11) is 0. The van der Waals surface area contributed by atoms with Crippen LogP contribution in [-0.4, -0.2) is 25.6 Å². The van der Waals surface area contributed by atoms with Crippen LogP contribution < -0.4 is 15.8 Å². The molecule has 1 aliphatic carbocycles. The van der Waals surface area contributed by atoms with Crippen LogP contribution in [0.1, 0.15) is 35.2 Å². The van der Waals surface area contributed by atoms with E-state index in [0.29, 0.717) is 6.54 Å². The third kappa shape index (κ3) is 2.59. The molecule has 19 heavy (non-hydrogen) atoms. The molecule has 1 fully saturated rings. The fourth-order valence-corrected chi connectivity index (χ4v) is 2.70. The first-order valence-corrected chi connectivity index (χ1v) is 6.96. The first-order valence-electron chi connectivity index (χ1n) is 6.96. The average molecular weight is 260 g/mol. The molecule has 102 valence electrons. The number of carbonyl (C=O) groups is 1. The molecule has 0 saturated heterocycles. The minimum Gasteiger partial charge on any atom is -0.493 e. The van der Waals surface area contributed by atoms with Crippen molar-refractivity contribution in [3.63, 3.8) is 0 Å². The predicted octanol–water partition coefficient (Wildman–Crippen LogP) is 1.48. The lowest BCUT2D eigenvalue weighted by molar-refractivity contribution is 0.0944. The number of rotatable bonds is 5. The van der Waals surface area contributed by atoms with Gasteiger partial charge in [-0.25, -0.2) is 0 Å². The number of hydrogen-bond acceptors (Lipinski definition) is 3. The van der Waals surface area contributed by atoms with Crippen molar-refractivity contribution < 1.29 is 9.53 Å². The first kappa shape index (κ1) is 12.5. The molecule has 1 aromatic rings. The summed E-state index contributed by atoms with van der Waals surface area (Å²) < 4.78 is 5.44. The van der Waals surface area contributed by atoms with E-state index in [-0.39, 0.29) is 11.3 Å². The summed E-state index contributed by atoms with van der Waals surface area (Å²) in [5.41, 5.74) is 7.75. The Kier molecular flexibility index (Phi) is 3.19. The monoisotopic (exact) mass is 260 g/mol. The van der Waals surface area contributed by atoms with Gasteiger partial charge in [0.15, 0.2) is 0 Å². The van der Waals surface area contributed by atoms with Gasteiger partial charge in [0, 0.05) is 18.5 Å². The third-order valence-electron chi connectivity index (χ3n) is 4.21. The van der Waals surface area contributed by atoms with E-state index in [9.17, 15) is 4.79 Å². The lowest BCUT2D eigenvalue weighted by Crippen LogP contribution is -2.31. The summed E-state index contributed by atoms with van der Waals surface area (Å²) in [5, 5.41) is 3.04. The van der Waals surface area contributed by atoms with Gasteiger partial charge in [0.2, 0.25) is 0 Å². The maximum atomic E-state index is 12.1. The number of ether oxygens (including phenoxy) is 1. The van der Waals surface area contributed by atoms with Crippen molar-refractivity contribution in [3.8, 4) is 5.75 Å². The predicted molar refractivity (Wildman–Crippen MR) is 73.3 cm³/mol. The molecule has 0 radical (unpaired) electrons. The number of fused-ring (bicyclic) bond motifs is 1. The smallest absolute Gasteiger partial charge is 0.251 e. The van der Waals surface area contributed by atoms with Gasteiger partial charge in [0.05, 0.1) is 6.61 Å². The van der Waals surface area contributed by atoms with E-state index in [1.807, 2.05) is 18.2 Å². The molecule has 0 bridgehead atoms. The van der Waals surface area contributed by atoms with Gasteiger partial charge in [0.1, 0.15) is 5.75 Å². The molecule has 4 nitrogen and oxygen atoms in total. The van der Waals surface area contributed by atoms with Gasteiger partial charge in [-0.1, -0.05) is 0 Å². The second-order valence-corrected chi connectivity index (χ2v) is 5.64. The summed E-state index contributed by atoms with van der Waals surface area (Å²) in [5.74, 6) is 0.927. The normalized spacial score (nSPS) is 18.6. The first-order chi connectivity index (χ1) is 9.22. The van der Waals surface area contributed by atoms with E-state index in [2.05, 4.69) is 5.32 Å². The standard InChI is InChI=1S/C15H20N2O2/c16-7-6-15(4-5-15)10-17-14(18)12-1-2-13-11(9-12)3-8-19-13/h1-2,9H,3-8,10,16H2,(H,17,18). The summed E-state index contributed by atoms with van der Waals surface area (Å²) in [6.07, 6.45) is 4.27. The quantitative estimate of drug-likeness (QED) is 0.843. The molecule has 2 aliphatic rings. The topological polar surface area (TPSA) is 64.3 Å². The lowest BCUT2D eigenvalue weighted by Gasteiger charge is -2.15. The molecule has 0 atom stereocenters. The van der Waals surface area contributed by atoms with E-state index in [4.69, 9.17) is 10.5 Å². The van der Waals surface area contributed by atoms with Crippen LogP contribution in [0.4, 0.5) is 0 Å².